The average Bonchev–Trinajstić information content (AvgIpc) is 2.98. The van der Waals surface area contributed by atoms with Crippen molar-refractivity contribution in [3.8, 4) is 17.2 Å². The molecule has 0 bridgehead atoms. The van der Waals surface area contributed by atoms with E-state index in [1.807, 2.05) is 55.8 Å². The Bertz CT molecular complexity index is 1040. The van der Waals surface area contributed by atoms with Crippen LogP contribution in [-0.2, 0) is 11.2 Å². The SMILES string of the molecule is COc1cc(C)c(NC(=O)Cc2c(C)nn(-c3ccc(Cl)cc3)c2C)cc1OC. The summed E-state index contributed by atoms with van der Waals surface area (Å²) < 4.78 is 12.5. The van der Waals surface area contributed by atoms with Crippen molar-refractivity contribution in [1.82, 2.24) is 9.78 Å². The van der Waals surface area contributed by atoms with Crippen LogP contribution in [0.3, 0.4) is 0 Å². The second-order valence-electron chi connectivity index (χ2n) is 6.78. The monoisotopic (exact) mass is 413 g/mol. The largest absolute Gasteiger partial charge is 0.493 e. The van der Waals surface area contributed by atoms with E-state index in [-0.39, 0.29) is 12.3 Å². The van der Waals surface area contributed by atoms with Crippen molar-refractivity contribution in [2.45, 2.75) is 27.2 Å². The second-order valence-corrected chi connectivity index (χ2v) is 7.22. The standard InChI is InChI=1S/C22H24ClN3O3/c1-13-10-20(28-4)21(29-5)12-19(13)24-22(27)11-18-14(2)25-26(15(18)3)17-8-6-16(23)7-9-17/h6-10,12H,11H2,1-5H3,(H,24,27). The van der Waals surface area contributed by atoms with Gasteiger partial charge in [0.15, 0.2) is 11.5 Å². The number of carbonyl (C=O) groups is 1. The average molecular weight is 414 g/mol. The van der Waals surface area contributed by atoms with Crippen molar-refractivity contribution < 1.29 is 14.3 Å². The maximum atomic E-state index is 12.7. The van der Waals surface area contributed by atoms with Crippen molar-refractivity contribution in [2.24, 2.45) is 0 Å². The van der Waals surface area contributed by atoms with Crippen LogP contribution in [0.1, 0.15) is 22.5 Å². The lowest BCUT2D eigenvalue weighted by molar-refractivity contribution is -0.115. The van der Waals surface area contributed by atoms with Crippen LogP contribution in [0.2, 0.25) is 5.02 Å². The minimum absolute atomic E-state index is 0.123. The molecule has 1 N–H and O–H groups in total. The zero-order valence-corrected chi connectivity index (χ0v) is 17.9. The van der Waals surface area contributed by atoms with Crippen LogP contribution < -0.4 is 14.8 Å². The lowest BCUT2D eigenvalue weighted by Gasteiger charge is -2.14. The minimum atomic E-state index is -0.123. The Morgan fingerprint density at radius 2 is 1.69 bits per heavy atom. The van der Waals surface area contributed by atoms with Crippen LogP contribution in [0.15, 0.2) is 36.4 Å². The maximum absolute atomic E-state index is 12.7. The molecule has 3 aromatic rings. The quantitative estimate of drug-likeness (QED) is 0.638. The maximum Gasteiger partial charge on any atom is 0.228 e. The molecule has 1 heterocycles. The molecule has 1 aromatic heterocycles. The van der Waals surface area contributed by atoms with Gasteiger partial charge in [-0.1, -0.05) is 11.6 Å². The number of aryl methyl sites for hydroxylation is 2. The number of anilines is 1. The number of aromatic nitrogens is 2. The van der Waals surface area contributed by atoms with Gasteiger partial charge in [0.1, 0.15) is 0 Å². The number of halogens is 1. The van der Waals surface area contributed by atoms with E-state index in [4.69, 9.17) is 21.1 Å². The summed E-state index contributed by atoms with van der Waals surface area (Å²) in [6.45, 7) is 5.77. The molecule has 7 heteroatoms. The van der Waals surface area contributed by atoms with Crippen molar-refractivity contribution >= 4 is 23.2 Å². The highest BCUT2D eigenvalue weighted by Gasteiger charge is 2.17. The first-order valence-electron chi connectivity index (χ1n) is 9.17. The number of hydrogen-bond acceptors (Lipinski definition) is 4. The van der Waals surface area contributed by atoms with Gasteiger partial charge in [0.05, 0.1) is 32.0 Å². The number of methoxy groups -OCH3 is 2. The molecule has 0 aliphatic carbocycles. The van der Waals surface area contributed by atoms with Gasteiger partial charge in [0, 0.05) is 28.0 Å². The van der Waals surface area contributed by atoms with Crippen LogP contribution >= 0.6 is 11.6 Å². The van der Waals surface area contributed by atoms with Crippen LogP contribution in [-0.4, -0.2) is 29.9 Å². The number of benzene rings is 2. The Morgan fingerprint density at radius 1 is 1.07 bits per heavy atom. The van der Waals surface area contributed by atoms with Gasteiger partial charge in [-0.25, -0.2) is 4.68 Å². The first kappa shape index (κ1) is 20.7. The van der Waals surface area contributed by atoms with E-state index < -0.39 is 0 Å². The van der Waals surface area contributed by atoms with Crippen molar-refractivity contribution in [2.75, 3.05) is 19.5 Å². The van der Waals surface area contributed by atoms with Gasteiger partial charge in [-0.2, -0.15) is 5.10 Å². The summed E-state index contributed by atoms with van der Waals surface area (Å²) in [7, 11) is 3.15. The number of rotatable bonds is 6. The molecule has 3 rings (SSSR count). The van der Waals surface area contributed by atoms with Gasteiger partial charge in [0.25, 0.3) is 0 Å². The molecule has 0 saturated carbocycles. The minimum Gasteiger partial charge on any atom is -0.493 e. The van der Waals surface area contributed by atoms with Crippen LogP contribution in [0.25, 0.3) is 5.69 Å². The lowest BCUT2D eigenvalue weighted by Crippen LogP contribution is -2.16. The smallest absolute Gasteiger partial charge is 0.228 e. The number of carbonyl (C=O) groups excluding carboxylic acids is 1. The number of hydrogen-bond donors (Lipinski definition) is 1. The van der Waals surface area contributed by atoms with Gasteiger partial charge >= 0.3 is 0 Å². The lowest BCUT2D eigenvalue weighted by atomic mass is 10.1. The number of nitrogens with one attached hydrogen (secondary N) is 1. The van der Waals surface area contributed by atoms with E-state index in [0.29, 0.717) is 22.2 Å². The van der Waals surface area contributed by atoms with E-state index in [1.165, 1.54) is 0 Å². The highest BCUT2D eigenvalue weighted by atomic mass is 35.5. The molecule has 0 fully saturated rings. The van der Waals surface area contributed by atoms with E-state index in [1.54, 1.807) is 20.3 Å². The molecule has 29 heavy (non-hydrogen) atoms. The second kappa shape index (κ2) is 8.57. The Labute approximate surface area is 175 Å². The third-order valence-electron chi connectivity index (χ3n) is 4.85. The summed E-state index contributed by atoms with van der Waals surface area (Å²) in [5.74, 6) is 1.07. The van der Waals surface area contributed by atoms with Crippen LogP contribution in [0, 0.1) is 20.8 Å². The topological polar surface area (TPSA) is 65.4 Å². The van der Waals surface area contributed by atoms with Crippen molar-refractivity contribution in [3.63, 3.8) is 0 Å². The predicted molar refractivity (Wildman–Crippen MR) is 115 cm³/mol. The molecule has 0 radical (unpaired) electrons. The third kappa shape index (κ3) is 4.38. The predicted octanol–water partition coefficient (Wildman–Crippen LogP) is 4.65. The molecule has 0 aliphatic rings. The van der Waals surface area contributed by atoms with Gasteiger partial charge < -0.3 is 14.8 Å². The first-order chi connectivity index (χ1) is 13.8. The summed E-state index contributed by atoms with van der Waals surface area (Å²) in [6, 6.07) is 11.0. The molecule has 0 unspecified atom stereocenters. The zero-order valence-electron chi connectivity index (χ0n) is 17.2. The highest BCUT2D eigenvalue weighted by Crippen LogP contribution is 2.33. The van der Waals surface area contributed by atoms with Crippen molar-refractivity contribution in [1.29, 1.82) is 0 Å². The first-order valence-corrected chi connectivity index (χ1v) is 9.55. The molecule has 0 spiro atoms. The summed E-state index contributed by atoms with van der Waals surface area (Å²) in [4.78, 5) is 12.7. The molecular formula is C22H24ClN3O3. The number of nitrogens with zero attached hydrogens (tertiary/aromatic N) is 2. The van der Waals surface area contributed by atoms with Crippen LogP contribution in [0.4, 0.5) is 5.69 Å². The fourth-order valence-corrected chi connectivity index (χ4v) is 3.36. The Kier molecular flexibility index (Phi) is 6.13. The summed E-state index contributed by atoms with van der Waals surface area (Å²) >= 11 is 5.98. The van der Waals surface area contributed by atoms with Gasteiger partial charge in [0.2, 0.25) is 5.91 Å². The summed E-state index contributed by atoms with van der Waals surface area (Å²) in [5, 5.41) is 8.23. The molecule has 2 aromatic carbocycles. The molecule has 0 saturated heterocycles. The normalized spacial score (nSPS) is 10.7. The highest BCUT2D eigenvalue weighted by molar-refractivity contribution is 6.30. The fraction of sp³-hybridized carbons (Fsp3) is 0.273. The number of ether oxygens (including phenoxy) is 2. The van der Waals surface area contributed by atoms with Gasteiger partial charge in [-0.3, -0.25) is 4.79 Å². The van der Waals surface area contributed by atoms with E-state index in [0.717, 1.165) is 28.2 Å². The van der Waals surface area contributed by atoms with Gasteiger partial charge in [-0.05, 0) is 56.7 Å². The molecule has 1 amide bonds. The third-order valence-corrected chi connectivity index (χ3v) is 5.11. The van der Waals surface area contributed by atoms with Gasteiger partial charge in [-0.15, -0.1) is 0 Å². The Morgan fingerprint density at radius 3 is 2.31 bits per heavy atom. The fourth-order valence-electron chi connectivity index (χ4n) is 3.23. The Balaban J connectivity index is 1.82. The van der Waals surface area contributed by atoms with Crippen LogP contribution in [0.5, 0.6) is 11.5 Å². The summed E-state index contributed by atoms with van der Waals surface area (Å²) in [5.41, 5.74) is 5.11. The molecule has 6 nitrogen and oxygen atoms in total. The Hall–Kier alpha value is -2.99. The van der Waals surface area contributed by atoms with E-state index >= 15 is 0 Å². The molecular weight excluding hydrogens is 390 g/mol. The summed E-state index contributed by atoms with van der Waals surface area (Å²) in [6.07, 6.45) is 0.221. The van der Waals surface area contributed by atoms with E-state index in [2.05, 4.69) is 10.4 Å². The molecule has 0 atom stereocenters. The van der Waals surface area contributed by atoms with E-state index in [9.17, 15) is 4.79 Å². The molecule has 152 valence electrons. The number of amides is 1. The zero-order chi connectivity index (χ0) is 21.1. The molecule has 0 aliphatic heterocycles. The van der Waals surface area contributed by atoms with Crippen molar-refractivity contribution in [3.05, 3.63) is 63.9 Å².